The first-order valence-corrected chi connectivity index (χ1v) is 7.41. The van der Waals surface area contributed by atoms with Gasteiger partial charge >= 0.3 is 0 Å². The highest BCUT2D eigenvalue weighted by Gasteiger charge is 2.35. The summed E-state index contributed by atoms with van der Waals surface area (Å²) in [5.74, 6) is 0.826. The molecule has 0 aromatic rings. The minimum atomic E-state index is -1.48. The first-order chi connectivity index (χ1) is 5.56. The van der Waals surface area contributed by atoms with Gasteiger partial charge in [-0.3, -0.25) is 4.99 Å². The van der Waals surface area contributed by atoms with Gasteiger partial charge in [0, 0.05) is 12.1 Å². The second kappa shape index (κ2) is 3.43. The Bertz CT molecular complexity index is 221. The van der Waals surface area contributed by atoms with Gasteiger partial charge in [-0.25, -0.2) is 0 Å². The van der Waals surface area contributed by atoms with Crippen LogP contribution in [0.1, 0.15) is 13.8 Å². The molecule has 1 heterocycles. The topological polar surface area (TPSA) is 21.6 Å². The van der Waals surface area contributed by atoms with Crippen molar-refractivity contribution < 1.29 is 4.43 Å². The molecule has 0 bridgehead atoms. The van der Waals surface area contributed by atoms with Gasteiger partial charge in [0.25, 0.3) is 8.32 Å². The zero-order valence-electron chi connectivity index (χ0n) is 8.29. The van der Waals surface area contributed by atoms with Crippen LogP contribution in [0, 0.1) is 0 Å². The van der Waals surface area contributed by atoms with E-state index in [1.54, 1.807) is 0 Å². The zero-order chi connectivity index (χ0) is 9.19. The number of hydrogen-bond donors (Lipinski definition) is 0. The van der Waals surface area contributed by atoms with Crippen LogP contribution >= 0.6 is 0 Å². The first kappa shape index (κ1) is 9.51. The van der Waals surface area contributed by atoms with Crippen LogP contribution < -0.4 is 0 Å². The van der Waals surface area contributed by atoms with Gasteiger partial charge in [-0.05, 0) is 26.1 Å². The van der Waals surface area contributed by atoms with Crippen LogP contribution in [0.2, 0.25) is 18.6 Å². The SMILES string of the molecule is CC=CC1=NCC(C)[Si](C)(C)O1. The first-order valence-electron chi connectivity index (χ1n) is 4.42. The molecule has 0 spiro atoms. The molecule has 0 aromatic heterocycles. The molecular formula is C9H17NOSi. The monoisotopic (exact) mass is 183 g/mol. The molecule has 1 unspecified atom stereocenters. The van der Waals surface area contributed by atoms with E-state index < -0.39 is 8.32 Å². The quantitative estimate of drug-likeness (QED) is 0.573. The molecule has 0 amide bonds. The normalized spacial score (nSPS) is 28.3. The lowest BCUT2D eigenvalue weighted by Gasteiger charge is -2.33. The maximum absolute atomic E-state index is 5.83. The van der Waals surface area contributed by atoms with Crippen molar-refractivity contribution in [2.75, 3.05) is 6.54 Å². The van der Waals surface area contributed by atoms with E-state index in [1.807, 2.05) is 19.1 Å². The van der Waals surface area contributed by atoms with E-state index in [0.717, 1.165) is 12.4 Å². The standard InChI is InChI=1S/C9H17NOSi/c1-5-6-9-10-7-8(2)12(3,4)11-9/h5-6,8H,7H2,1-4H3. The summed E-state index contributed by atoms with van der Waals surface area (Å²) < 4.78 is 5.83. The molecule has 2 nitrogen and oxygen atoms in total. The summed E-state index contributed by atoms with van der Waals surface area (Å²) in [6, 6.07) is 0. The lowest BCUT2D eigenvalue weighted by molar-refractivity contribution is 0.501. The fraction of sp³-hybridized carbons (Fsp3) is 0.667. The third-order valence-electron chi connectivity index (χ3n) is 2.38. The second-order valence-electron chi connectivity index (χ2n) is 3.79. The maximum Gasteiger partial charge on any atom is 0.251 e. The average molecular weight is 183 g/mol. The predicted molar refractivity (Wildman–Crippen MR) is 55.1 cm³/mol. The van der Waals surface area contributed by atoms with Crippen molar-refractivity contribution in [2.45, 2.75) is 32.5 Å². The Balaban J connectivity index is 2.73. The molecule has 12 heavy (non-hydrogen) atoms. The van der Waals surface area contributed by atoms with Crippen LogP contribution in [0.4, 0.5) is 0 Å². The Hall–Kier alpha value is -0.573. The van der Waals surface area contributed by atoms with Gasteiger partial charge < -0.3 is 4.43 Å². The number of hydrogen-bond acceptors (Lipinski definition) is 2. The predicted octanol–water partition coefficient (Wildman–Crippen LogP) is 2.59. The van der Waals surface area contributed by atoms with Crippen LogP contribution in [-0.2, 0) is 4.43 Å². The van der Waals surface area contributed by atoms with E-state index in [2.05, 4.69) is 25.0 Å². The van der Waals surface area contributed by atoms with Crippen molar-refractivity contribution in [2.24, 2.45) is 4.99 Å². The van der Waals surface area contributed by atoms with Gasteiger partial charge in [0.05, 0.1) is 0 Å². The molecule has 0 fully saturated rings. The Morgan fingerprint density at radius 1 is 1.58 bits per heavy atom. The molecule has 0 radical (unpaired) electrons. The molecule has 1 rings (SSSR count). The second-order valence-corrected chi connectivity index (χ2v) is 8.18. The molecule has 1 aliphatic rings. The molecule has 3 heteroatoms. The van der Waals surface area contributed by atoms with E-state index in [0.29, 0.717) is 5.54 Å². The van der Waals surface area contributed by atoms with Gasteiger partial charge in [0.1, 0.15) is 0 Å². The molecule has 1 aliphatic heterocycles. The minimum Gasteiger partial charge on any atom is -0.531 e. The highest BCUT2D eigenvalue weighted by molar-refractivity contribution is 6.74. The van der Waals surface area contributed by atoms with Crippen molar-refractivity contribution in [3.63, 3.8) is 0 Å². The number of allylic oxidation sites excluding steroid dienone is 1. The van der Waals surface area contributed by atoms with Crippen LogP contribution in [0.5, 0.6) is 0 Å². The molecule has 0 aliphatic carbocycles. The summed E-state index contributed by atoms with van der Waals surface area (Å²) in [6.45, 7) is 9.63. The van der Waals surface area contributed by atoms with Crippen molar-refractivity contribution in [1.29, 1.82) is 0 Å². The number of aliphatic imine (C=N–C) groups is 1. The smallest absolute Gasteiger partial charge is 0.251 e. The Morgan fingerprint density at radius 2 is 2.25 bits per heavy atom. The Kier molecular flexibility index (Phi) is 2.72. The Labute approximate surface area is 75.5 Å². The van der Waals surface area contributed by atoms with Crippen molar-refractivity contribution in [1.82, 2.24) is 0 Å². The maximum atomic E-state index is 5.83. The van der Waals surface area contributed by atoms with E-state index in [4.69, 9.17) is 4.43 Å². The van der Waals surface area contributed by atoms with E-state index in [9.17, 15) is 0 Å². The summed E-state index contributed by atoms with van der Waals surface area (Å²) in [7, 11) is -1.48. The highest BCUT2D eigenvalue weighted by atomic mass is 28.4. The zero-order valence-corrected chi connectivity index (χ0v) is 9.29. The van der Waals surface area contributed by atoms with Crippen LogP contribution in [-0.4, -0.2) is 20.8 Å². The third kappa shape index (κ3) is 1.97. The van der Waals surface area contributed by atoms with Crippen molar-refractivity contribution in [3.8, 4) is 0 Å². The fourth-order valence-electron chi connectivity index (χ4n) is 1.08. The number of nitrogens with zero attached hydrogens (tertiary/aromatic N) is 1. The number of rotatable bonds is 1. The fourth-order valence-corrected chi connectivity index (χ4v) is 2.48. The van der Waals surface area contributed by atoms with Gasteiger partial charge in [-0.1, -0.05) is 13.0 Å². The van der Waals surface area contributed by atoms with E-state index in [-0.39, 0.29) is 0 Å². The van der Waals surface area contributed by atoms with Crippen molar-refractivity contribution in [3.05, 3.63) is 12.2 Å². The molecule has 68 valence electrons. The van der Waals surface area contributed by atoms with Crippen LogP contribution in [0.15, 0.2) is 17.1 Å². The van der Waals surface area contributed by atoms with Crippen LogP contribution in [0.25, 0.3) is 0 Å². The Morgan fingerprint density at radius 3 is 2.75 bits per heavy atom. The summed E-state index contributed by atoms with van der Waals surface area (Å²) in [4.78, 5) is 4.34. The summed E-state index contributed by atoms with van der Waals surface area (Å²) in [5.41, 5.74) is 0.631. The molecule has 0 saturated carbocycles. The largest absolute Gasteiger partial charge is 0.531 e. The van der Waals surface area contributed by atoms with E-state index in [1.165, 1.54) is 0 Å². The molecular weight excluding hydrogens is 166 g/mol. The highest BCUT2D eigenvalue weighted by Crippen LogP contribution is 2.26. The van der Waals surface area contributed by atoms with Gasteiger partial charge in [-0.15, -0.1) is 0 Å². The molecule has 0 aromatic carbocycles. The van der Waals surface area contributed by atoms with Gasteiger partial charge in [-0.2, -0.15) is 0 Å². The van der Waals surface area contributed by atoms with Crippen molar-refractivity contribution >= 4 is 14.2 Å². The van der Waals surface area contributed by atoms with Gasteiger partial charge in [0.2, 0.25) is 0 Å². The average Bonchev–Trinajstić information content (AvgIpc) is 1.97. The summed E-state index contributed by atoms with van der Waals surface area (Å²) >= 11 is 0. The van der Waals surface area contributed by atoms with Gasteiger partial charge in [0.15, 0.2) is 5.90 Å². The summed E-state index contributed by atoms with van der Waals surface area (Å²) in [6.07, 6.45) is 3.92. The molecule has 1 atom stereocenters. The lowest BCUT2D eigenvalue weighted by Crippen LogP contribution is -2.41. The van der Waals surface area contributed by atoms with Crippen LogP contribution in [0.3, 0.4) is 0 Å². The molecule has 0 saturated heterocycles. The van der Waals surface area contributed by atoms with E-state index >= 15 is 0 Å². The third-order valence-corrected chi connectivity index (χ3v) is 5.68. The lowest BCUT2D eigenvalue weighted by atomic mass is 10.4. The molecule has 0 N–H and O–H groups in total. The minimum absolute atomic E-state index is 0.631. The summed E-state index contributed by atoms with van der Waals surface area (Å²) in [5, 5.41) is 0.